The van der Waals surface area contributed by atoms with Crippen molar-refractivity contribution in [2.24, 2.45) is 0 Å². The minimum Gasteiger partial charge on any atom is -0.423 e. The summed E-state index contributed by atoms with van der Waals surface area (Å²) in [4.78, 5) is 6.84. The monoisotopic (exact) mass is 314 g/mol. The van der Waals surface area contributed by atoms with Crippen molar-refractivity contribution < 1.29 is 4.42 Å². The quantitative estimate of drug-likeness (QED) is 0.517. The molecule has 0 aliphatic heterocycles. The molecular formula is C21H18N2O. The Kier molecular flexibility index (Phi) is 3.98. The molecule has 3 nitrogen and oxygen atoms in total. The number of hydrogen-bond donors (Lipinski definition) is 0. The first-order valence-electron chi connectivity index (χ1n) is 8.07. The zero-order chi connectivity index (χ0) is 16.2. The second kappa shape index (κ2) is 6.59. The van der Waals surface area contributed by atoms with E-state index in [2.05, 4.69) is 58.4 Å². The Morgan fingerprint density at radius 2 is 1.21 bits per heavy atom. The number of anilines is 1. The zero-order valence-electron chi connectivity index (χ0n) is 13.3. The van der Waals surface area contributed by atoms with Crippen LogP contribution in [0.25, 0.3) is 11.1 Å². The molecular weight excluding hydrogens is 296 g/mol. The second-order valence-corrected chi connectivity index (χ2v) is 5.79. The van der Waals surface area contributed by atoms with E-state index in [1.807, 2.05) is 36.4 Å². The molecule has 0 spiro atoms. The molecule has 4 rings (SSSR count). The van der Waals surface area contributed by atoms with Gasteiger partial charge in [0.05, 0.1) is 0 Å². The molecule has 0 fully saturated rings. The summed E-state index contributed by atoms with van der Waals surface area (Å²) in [5, 5.41) is 0. The average Bonchev–Trinajstić information content (AvgIpc) is 3.07. The molecule has 0 atom stereocenters. The fourth-order valence-corrected chi connectivity index (χ4v) is 2.79. The lowest BCUT2D eigenvalue weighted by Crippen LogP contribution is -2.22. The fourth-order valence-electron chi connectivity index (χ4n) is 2.79. The molecule has 0 N–H and O–H groups in total. The molecule has 118 valence electrons. The van der Waals surface area contributed by atoms with Crippen LogP contribution in [0.1, 0.15) is 11.1 Å². The Morgan fingerprint density at radius 1 is 0.667 bits per heavy atom. The minimum absolute atomic E-state index is 0.656. The second-order valence-electron chi connectivity index (χ2n) is 5.79. The largest absolute Gasteiger partial charge is 0.423 e. The van der Waals surface area contributed by atoms with E-state index in [-0.39, 0.29) is 0 Å². The van der Waals surface area contributed by atoms with E-state index in [1.165, 1.54) is 11.1 Å². The molecule has 3 aromatic carbocycles. The Balaban J connectivity index is 1.68. The number of nitrogens with zero attached hydrogens (tertiary/aromatic N) is 2. The van der Waals surface area contributed by atoms with Gasteiger partial charge in [0.15, 0.2) is 5.58 Å². The number of benzene rings is 3. The molecule has 1 aromatic heterocycles. The highest BCUT2D eigenvalue weighted by Gasteiger charge is 2.15. The topological polar surface area (TPSA) is 29.3 Å². The van der Waals surface area contributed by atoms with Gasteiger partial charge in [-0.3, -0.25) is 0 Å². The van der Waals surface area contributed by atoms with Crippen molar-refractivity contribution in [2.45, 2.75) is 13.1 Å². The highest BCUT2D eigenvalue weighted by Crippen LogP contribution is 2.24. The van der Waals surface area contributed by atoms with E-state index in [1.54, 1.807) is 0 Å². The third-order valence-corrected chi connectivity index (χ3v) is 3.99. The standard InChI is InChI=1S/C21H18N2O/c1-3-9-17(10-4-1)15-23(16-18-11-5-2-6-12-18)21-22-19-13-7-8-14-20(19)24-21/h1-14H,15-16H2. The third-order valence-electron chi connectivity index (χ3n) is 3.99. The van der Waals surface area contributed by atoms with Crippen LogP contribution in [-0.4, -0.2) is 4.98 Å². The maximum atomic E-state index is 5.99. The summed E-state index contributed by atoms with van der Waals surface area (Å²) < 4.78 is 5.99. The molecule has 0 bridgehead atoms. The highest BCUT2D eigenvalue weighted by atomic mass is 16.4. The van der Waals surface area contributed by atoms with Gasteiger partial charge in [-0.15, -0.1) is 0 Å². The Morgan fingerprint density at radius 3 is 1.79 bits per heavy atom. The van der Waals surface area contributed by atoms with Gasteiger partial charge in [-0.25, -0.2) is 0 Å². The van der Waals surface area contributed by atoms with Crippen LogP contribution in [-0.2, 0) is 13.1 Å². The highest BCUT2D eigenvalue weighted by molar-refractivity contribution is 5.74. The van der Waals surface area contributed by atoms with Gasteiger partial charge < -0.3 is 9.32 Å². The van der Waals surface area contributed by atoms with Crippen molar-refractivity contribution in [2.75, 3.05) is 4.90 Å². The van der Waals surface area contributed by atoms with Gasteiger partial charge in [-0.2, -0.15) is 4.98 Å². The van der Waals surface area contributed by atoms with Gasteiger partial charge in [0, 0.05) is 13.1 Å². The first kappa shape index (κ1) is 14.5. The van der Waals surface area contributed by atoms with Gasteiger partial charge in [0.1, 0.15) is 5.52 Å². The molecule has 0 saturated heterocycles. The van der Waals surface area contributed by atoms with Crippen LogP contribution < -0.4 is 4.90 Å². The molecule has 24 heavy (non-hydrogen) atoms. The predicted molar refractivity (Wildman–Crippen MR) is 96.8 cm³/mol. The SMILES string of the molecule is c1ccc(CN(Cc2ccccc2)c2nc3ccccc3o2)cc1. The molecule has 0 unspecified atom stereocenters. The van der Waals surface area contributed by atoms with Gasteiger partial charge in [0.25, 0.3) is 6.01 Å². The molecule has 0 aliphatic rings. The summed E-state index contributed by atoms with van der Waals surface area (Å²) in [6.45, 7) is 1.51. The molecule has 1 heterocycles. The first-order valence-corrected chi connectivity index (χ1v) is 8.07. The molecule has 0 aliphatic carbocycles. The van der Waals surface area contributed by atoms with Crippen LogP contribution in [0.5, 0.6) is 0 Å². The number of oxazole rings is 1. The van der Waals surface area contributed by atoms with E-state index in [0.29, 0.717) is 6.01 Å². The van der Waals surface area contributed by atoms with Gasteiger partial charge in [-0.1, -0.05) is 72.8 Å². The summed E-state index contributed by atoms with van der Waals surface area (Å²) in [6.07, 6.45) is 0. The van der Waals surface area contributed by atoms with Crippen molar-refractivity contribution in [3.63, 3.8) is 0 Å². The molecule has 4 aromatic rings. The van der Waals surface area contributed by atoms with E-state index in [0.717, 1.165) is 24.2 Å². The van der Waals surface area contributed by atoms with E-state index < -0.39 is 0 Å². The summed E-state index contributed by atoms with van der Waals surface area (Å²) in [5.74, 6) is 0. The van der Waals surface area contributed by atoms with E-state index >= 15 is 0 Å². The lowest BCUT2D eigenvalue weighted by atomic mass is 10.2. The Hall–Kier alpha value is -3.07. The lowest BCUT2D eigenvalue weighted by molar-refractivity contribution is 0.562. The third kappa shape index (κ3) is 3.15. The zero-order valence-corrected chi connectivity index (χ0v) is 13.3. The Bertz CT molecular complexity index is 842. The van der Waals surface area contributed by atoms with Crippen molar-refractivity contribution in [1.29, 1.82) is 0 Å². The number of aromatic nitrogens is 1. The summed E-state index contributed by atoms with van der Waals surface area (Å²) >= 11 is 0. The molecule has 0 saturated carbocycles. The summed E-state index contributed by atoms with van der Waals surface area (Å²) in [6, 6.07) is 29.3. The van der Waals surface area contributed by atoms with Crippen LogP contribution in [0, 0.1) is 0 Å². The maximum Gasteiger partial charge on any atom is 0.298 e. The van der Waals surface area contributed by atoms with Crippen molar-refractivity contribution in [3.05, 3.63) is 96.1 Å². The van der Waals surface area contributed by atoms with Crippen molar-refractivity contribution in [3.8, 4) is 0 Å². The number of para-hydroxylation sites is 2. The maximum absolute atomic E-state index is 5.99. The van der Waals surface area contributed by atoms with E-state index in [9.17, 15) is 0 Å². The molecule has 3 heteroatoms. The average molecular weight is 314 g/mol. The van der Waals surface area contributed by atoms with Crippen molar-refractivity contribution in [1.82, 2.24) is 4.98 Å². The van der Waals surface area contributed by atoms with Crippen LogP contribution in [0.3, 0.4) is 0 Å². The first-order chi connectivity index (χ1) is 11.9. The van der Waals surface area contributed by atoms with Gasteiger partial charge in [0.2, 0.25) is 0 Å². The van der Waals surface area contributed by atoms with Crippen LogP contribution in [0.4, 0.5) is 6.01 Å². The number of rotatable bonds is 5. The van der Waals surface area contributed by atoms with Crippen molar-refractivity contribution >= 4 is 17.1 Å². The van der Waals surface area contributed by atoms with Crippen LogP contribution in [0.15, 0.2) is 89.3 Å². The summed E-state index contributed by atoms with van der Waals surface area (Å²) in [5.41, 5.74) is 4.17. The lowest BCUT2D eigenvalue weighted by Gasteiger charge is -2.20. The molecule has 0 amide bonds. The van der Waals surface area contributed by atoms with Gasteiger partial charge in [-0.05, 0) is 23.3 Å². The molecule has 0 radical (unpaired) electrons. The summed E-state index contributed by atoms with van der Waals surface area (Å²) in [7, 11) is 0. The smallest absolute Gasteiger partial charge is 0.298 e. The fraction of sp³-hybridized carbons (Fsp3) is 0.0952. The van der Waals surface area contributed by atoms with Crippen LogP contribution >= 0.6 is 0 Å². The minimum atomic E-state index is 0.656. The van der Waals surface area contributed by atoms with Crippen LogP contribution in [0.2, 0.25) is 0 Å². The number of hydrogen-bond acceptors (Lipinski definition) is 3. The normalized spacial score (nSPS) is 10.8. The predicted octanol–water partition coefficient (Wildman–Crippen LogP) is 5.03. The Labute approximate surface area is 141 Å². The van der Waals surface area contributed by atoms with E-state index in [4.69, 9.17) is 4.42 Å². The van der Waals surface area contributed by atoms with Gasteiger partial charge >= 0.3 is 0 Å². The number of fused-ring (bicyclic) bond motifs is 1.